The normalized spacial score (nSPS) is 9.44. The highest BCUT2D eigenvalue weighted by molar-refractivity contribution is 8.68. The van der Waals surface area contributed by atoms with E-state index in [4.69, 9.17) is 5.73 Å². The molecule has 48 valence electrons. The summed E-state index contributed by atoms with van der Waals surface area (Å²) >= 11 is 4.02. The Balaban J connectivity index is 2.88. The molecule has 0 aromatic heterocycles. The summed E-state index contributed by atoms with van der Waals surface area (Å²) in [6.07, 6.45) is 0. The Morgan fingerprint density at radius 3 is 2.22 bits per heavy atom. The maximum atomic E-state index is 5.45. The van der Waals surface area contributed by atoms with Gasteiger partial charge in [0, 0.05) is 10.6 Å². The molecule has 9 heavy (non-hydrogen) atoms. The van der Waals surface area contributed by atoms with Crippen LogP contribution >= 0.6 is 22.5 Å². The fourth-order valence-electron chi connectivity index (χ4n) is 0.529. The summed E-state index contributed by atoms with van der Waals surface area (Å²) < 4.78 is 0. The fourth-order valence-corrected chi connectivity index (χ4v) is 1.15. The van der Waals surface area contributed by atoms with Gasteiger partial charge in [0.15, 0.2) is 0 Å². The smallest absolute Gasteiger partial charge is 0.0314 e. The van der Waals surface area contributed by atoms with Gasteiger partial charge in [-0.3, -0.25) is 0 Å². The molecule has 2 N–H and O–H groups in total. The van der Waals surface area contributed by atoms with E-state index in [-0.39, 0.29) is 0 Å². The molecule has 1 aromatic rings. The first kappa shape index (κ1) is 6.83. The zero-order valence-electron chi connectivity index (χ0n) is 4.74. The van der Waals surface area contributed by atoms with Crippen molar-refractivity contribution < 1.29 is 0 Å². The molecule has 0 saturated heterocycles. The summed E-state index contributed by atoms with van der Waals surface area (Å²) in [6, 6.07) is 7.59. The molecule has 0 atom stereocenters. The maximum Gasteiger partial charge on any atom is 0.0314 e. The van der Waals surface area contributed by atoms with Crippen molar-refractivity contribution in [3.8, 4) is 0 Å². The summed E-state index contributed by atoms with van der Waals surface area (Å²) in [4.78, 5) is 1.12. The molecular weight excluding hydrogens is 150 g/mol. The van der Waals surface area contributed by atoms with Crippen LogP contribution < -0.4 is 5.73 Å². The van der Waals surface area contributed by atoms with Gasteiger partial charge in [0.1, 0.15) is 0 Å². The zero-order chi connectivity index (χ0) is 6.69. The van der Waals surface area contributed by atoms with Crippen molar-refractivity contribution in [3.05, 3.63) is 24.3 Å². The first-order valence-electron chi connectivity index (χ1n) is 2.50. The van der Waals surface area contributed by atoms with Crippen molar-refractivity contribution in [1.82, 2.24) is 0 Å². The molecule has 1 aromatic carbocycles. The standard InChI is InChI=1S/C6H7NS2/c7-5-1-3-6(9-8)4-2-5/h1-4,8H,7H2. The van der Waals surface area contributed by atoms with Gasteiger partial charge in [-0.05, 0) is 24.3 Å². The lowest BCUT2D eigenvalue weighted by Crippen LogP contribution is -1.81. The van der Waals surface area contributed by atoms with Gasteiger partial charge in [0.2, 0.25) is 0 Å². The van der Waals surface area contributed by atoms with Gasteiger partial charge in [0.25, 0.3) is 0 Å². The van der Waals surface area contributed by atoms with E-state index < -0.39 is 0 Å². The summed E-state index contributed by atoms with van der Waals surface area (Å²) in [5.41, 5.74) is 6.24. The molecule has 0 spiro atoms. The zero-order valence-corrected chi connectivity index (χ0v) is 6.45. The average Bonchev–Trinajstić information content (AvgIpc) is 1.90. The van der Waals surface area contributed by atoms with E-state index in [2.05, 4.69) is 11.7 Å². The van der Waals surface area contributed by atoms with E-state index >= 15 is 0 Å². The molecule has 0 heterocycles. The number of nitrogens with two attached hydrogens (primary N) is 1. The minimum atomic E-state index is 0.793. The third kappa shape index (κ3) is 1.84. The fraction of sp³-hybridized carbons (Fsp3) is 0. The second kappa shape index (κ2) is 3.03. The lowest BCUT2D eigenvalue weighted by molar-refractivity contribution is 1.48. The lowest BCUT2D eigenvalue weighted by Gasteiger charge is -1.93. The maximum absolute atomic E-state index is 5.45. The van der Waals surface area contributed by atoms with Crippen molar-refractivity contribution in [2.24, 2.45) is 0 Å². The third-order valence-corrected chi connectivity index (χ3v) is 2.10. The Morgan fingerprint density at radius 2 is 1.78 bits per heavy atom. The number of nitrogen functional groups attached to an aromatic ring is 1. The quantitative estimate of drug-likeness (QED) is 0.371. The minimum absolute atomic E-state index is 0.793. The van der Waals surface area contributed by atoms with Crippen LogP contribution in [0, 0.1) is 0 Å². The molecule has 0 aliphatic carbocycles. The summed E-state index contributed by atoms with van der Waals surface area (Å²) in [6.45, 7) is 0. The van der Waals surface area contributed by atoms with Crippen LogP contribution in [0.1, 0.15) is 0 Å². The molecule has 1 rings (SSSR count). The SMILES string of the molecule is Nc1ccc(SS)cc1. The highest BCUT2D eigenvalue weighted by Gasteiger charge is 1.86. The molecular formula is C6H7NS2. The van der Waals surface area contributed by atoms with Gasteiger partial charge in [-0.15, -0.1) is 11.7 Å². The van der Waals surface area contributed by atoms with Crippen LogP contribution in [-0.4, -0.2) is 0 Å². The Hall–Kier alpha value is -0.280. The van der Waals surface area contributed by atoms with Crippen LogP contribution in [0.15, 0.2) is 29.2 Å². The predicted octanol–water partition coefficient (Wildman–Crippen LogP) is 2.21. The number of hydrogen-bond acceptors (Lipinski definition) is 3. The van der Waals surface area contributed by atoms with E-state index in [1.807, 2.05) is 24.3 Å². The monoisotopic (exact) mass is 157 g/mol. The number of rotatable bonds is 1. The molecule has 0 saturated carbocycles. The first-order chi connectivity index (χ1) is 4.33. The van der Waals surface area contributed by atoms with Crippen molar-refractivity contribution in [2.75, 3.05) is 5.73 Å². The summed E-state index contributed by atoms with van der Waals surface area (Å²) in [5, 5.41) is 0. The molecule has 0 amide bonds. The first-order valence-corrected chi connectivity index (χ1v) is 4.37. The van der Waals surface area contributed by atoms with Crippen LogP contribution in [-0.2, 0) is 0 Å². The number of thiol groups is 1. The highest BCUT2D eigenvalue weighted by atomic mass is 33.1. The predicted molar refractivity (Wildman–Crippen MR) is 45.7 cm³/mol. The van der Waals surface area contributed by atoms with Gasteiger partial charge < -0.3 is 5.73 Å². The number of hydrogen-bond donors (Lipinski definition) is 2. The van der Waals surface area contributed by atoms with Crippen molar-refractivity contribution in [3.63, 3.8) is 0 Å². The van der Waals surface area contributed by atoms with Crippen molar-refractivity contribution >= 4 is 28.1 Å². The summed E-state index contributed by atoms with van der Waals surface area (Å²) in [5.74, 6) is 0. The van der Waals surface area contributed by atoms with Crippen LogP contribution in [0.2, 0.25) is 0 Å². The average molecular weight is 157 g/mol. The van der Waals surface area contributed by atoms with Gasteiger partial charge in [-0.25, -0.2) is 0 Å². The number of benzene rings is 1. The molecule has 0 unspecified atom stereocenters. The van der Waals surface area contributed by atoms with E-state index in [1.54, 1.807) is 0 Å². The van der Waals surface area contributed by atoms with Gasteiger partial charge in [0.05, 0.1) is 0 Å². The van der Waals surface area contributed by atoms with E-state index in [0.29, 0.717) is 0 Å². The Labute approximate surface area is 63.4 Å². The Morgan fingerprint density at radius 1 is 1.22 bits per heavy atom. The molecule has 0 aliphatic rings. The molecule has 3 heteroatoms. The van der Waals surface area contributed by atoms with Crippen LogP contribution in [0.25, 0.3) is 0 Å². The summed E-state index contributed by atoms with van der Waals surface area (Å²) in [7, 11) is 1.42. The van der Waals surface area contributed by atoms with Crippen LogP contribution in [0.5, 0.6) is 0 Å². The van der Waals surface area contributed by atoms with E-state index in [1.165, 1.54) is 10.8 Å². The molecule has 0 bridgehead atoms. The topological polar surface area (TPSA) is 26.0 Å². The molecule has 0 fully saturated rings. The van der Waals surface area contributed by atoms with E-state index in [0.717, 1.165) is 10.6 Å². The second-order valence-corrected chi connectivity index (χ2v) is 2.86. The van der Waals surface area contributed by atoms with Crippen LogP contribution in [0.3, 0.4) is 0 Å². The van der Waals surface area contributed by atoms with Gasteiger partial charge in [-0.1, -0.05) is 10.8 Å². The van der Waals surface area contributed by atoms with Gasteiger partial charge >= 0.3 is 0 Å². The molecule has 0 radical (unpaired) electrons. The Bertz CT molecular complexity index is 183. The molecule has 1 nitrogen and oxygen atoms in total. The van der Waals surface area contributed by atoms with Crippen molar-refractivity contribution in [1.29, 1.82) is 0 Å². The number of anilines is 1. The Kier molecular flexibility index (Phi) is 2.30. The lowest BCUT2D eigenvalue weighted by atomic mass is 10.3. The van der Waals surface area contributed by atoms with Crippen LogP contribution in [0.4, 0.5) is 5.69 Å². The van der Waals surface area contributed by atoms with Gasteiger partial charge in [-0.2, -0.15) is 0 Å². The largest absolute Gasteiger partial charge is 0.399 e. The minimum Gasteiger partial charge on any atom is -0.399 e. The van der Waals surface area contributed by atoms with E-state index in [9.17, 15) is 0 Å². The third-order valence-electron chi connectivity index (χ3n) is 0.986. The van der Waals surface area contributed by atoms with Crippen molar-refractivity contribution in [2.45, 2.75) is 4.90 Å². The second-order valence-electron chi connectivity index (χ2n) is 1.66. The molecule has 0 aliphatic heterocycles. The highest BCUT2D eigenvalue weighted by Crippen LogP contribution is 2.21.